The Bertz CT molecular complexity index is 602. The second-order valence-corrected chi connectivity index (χ2v) is 7.37. The van der Waals surface area contributed by atoms with E-state index in [2.05, 4.69) is 5.32 Å². The van der Waals surface area contributed by atoms with Gasteiger partial charge in [0.1, 0.15) is 5.60 Å². The average Bonchev–Trinajstić information content (AvgIpc) is 2.43. The minimum atomic E-state index is -0.534. The molecule has 2 rings (SSSR count). The summed E-state index contributed by atoms with van der Waals surface area (Å²) in [6.07, 6.45) is 1.23. The van der Waals surface area contributed by atoms with Gasteiger partial charge in [-0.25, -0.2) is 4.79 Å². The van der Waals surface area contributed by atoms with Crippen molar-refractivity contribution in [3.8, 4) is 0 Å². The fraction of sp³-hybridized carbons (Fsp3) is 0.556. The van der Waals surface area contributed by atoms with Crippen LogP contribution >= 0.6 is 0 Å². The number of aryl methyl sites for hydroxylation is 1. The first kappa shape index (κ1) is 18.1. The molecule has 1 aliphatic rings. The molecule has 0 radical (unpaired) electrons. The van der Waals surface area contributed by atoms with Gasteiger partial charge in [-0.05, 0) is 64.3 Å². The highest BCUT2D eigenvalue weighted by molar-refractivity contribution is 5.95. The Kier molecular flexibility index (Phi) is 5.36. The third kappa shape index (κ3) is 5.15. The number of likely N-dealkylation sites (tertiary alicyclic amines) is 1. The number of alkyl carbamates (subject to hydrolysis) is 1. The SMILES string of the molecule is Cc1cc(N)cc(C(=O)N2CCC[C@@H](NC(=O)OC(C)(C)C)C2)c1. The van der Waals surface area contributed by atoms with Gasteiger partial charge in [0.2, 0.25) is 0 Å². The number of hydrogen-bond donors (Lipinski definition) is 2. The predicted molar refractivity (Wildman–Crippen MR) is 93.9 cm³/mol. The van der Waals surface area contributed by atoms with Gasteiger partial charge < -0.3 is 20.7 Å². The summed E-state index contributed by atoms with van der Waals surface area (Å²) < 4.78 is 5.28. The number of nitrogens with two attached hydrogens (primary N) is 1. The van der Waals surface area contributed by atoms with Gasteiger partial charge in [-0.1, -0.05) is 0 Å². The molecule has 1 aliphatic heterocycles. The lowest BCUT2D eigenvalue weighted by Gasteiger charge is -2.33. The van der Waals surface area contributed by atoms with E-state index >= 15 is 0 Å². The molecule has 1 saturated heterocycles. The number of carbonyl (C=O) groups excluding carboxylic acids is 2. The van der Waals surface area contributed by atoms with Gasteiger partial charge in [-0.15, -0.1) is 0 Å². The maximum atomic E-state index is 12.7. The average molecular weight is 333 g/mol. The van der Waals surface area contributed by atoms with E-state index in [0.29, 0.717) is 24.3 Å². The topological polar surface area (TPSA) is 84.7 Å². The third-order valence-corrected chi connectivity index (χ3v) is 3.78. The number of benzene rings is 1. The molecule has 1 fully saturated rings. The van der Waals surface area contributed by atoms with Crippen LogP contribution in [0, 0.1) is 6.92 Å². The van der Waals surface area contributed by atoms with Crippen LogP contribution in [0.5, 0.6) is 0 Å². The number of nitrogens with one attached hydrogen (secondary N) is 1. The summed E-state index contributed by atoms with van der Waals surface area (Å²) in [5, 5.41) is 2.85. The Morgan fingerprint density at radius 1 is 1.29 bits per heavy atom. The van der Waals surface area contributed by atoms with E-state index in [4.69, 9.17) is 10.5 Å². The van der Waals surface area contributed by atoms with Crippen LogP contribution in [-0.2, 0) is 4.74 Å². The van der Waals surface area contributed by atoms with E-state index < -0.39 is 11.7 Å². The molecule has 1 heterocycles. The third-order valence-electron chi connectivity index (χ3n) is 3.78. The first-order valence-electron chi connectivity index (χ1n) is 8.30. The molecule has 6 nitrogen and oxygen atoms in total. The minimum absolute atomic E-state index is 0.0545. The number of nitrogen functional groups attached to an aromatic ring is 1. The van der Waals surface area contributed by atoms with Crippen LogP contribution in [0.3, 0.4) is 0 Å². The minimum Gasteiger partial charge on any atom is -0.444 e. The summed E-state index contributed by atoms with van der Waals surface area (Å²) in [7, 11) is 0. The maximum absolute atomic E-state index is 12.7. The quantitative estimate of drug-likeness (QED) is 0.815. The number of amides is 2. The van der Waals surface area contributed by atoms with Crippen molar-refractivity contribution in [2.45, 2.75) is 52.2 Å². The molecular weight excluding hydrogens is 306 g/mol. The molecule has 0 aliphatic carbocycles. The molecule has 0 saturated carbocycles. The molecule has 132 valence electrons. The lowest BCUT2D eigenvalue weighted by molar-refractivity contribution is 0.0452. The van der Waals surface area contributed by atoms with Crippen LogP contribution in [0.15, 0.2) is 18.2 Å². The van der Waals surface area contributed by atoms with Crippen molar-refractivity contribution in [1.29, 1.82) is 0 Å². The Hall–Kier alpha value is -2.24. The van der Waals surface area contributed by atoms with Gasteiger partial charge in [0.15, 0.2) is 0 Å². The van der Waals surface area contributed by atoms with Crippen molar-refractivity contribution in [1.82, 2.24) is 10.2 Å². The predicted octanol–water partition coefficient (Wildman–Crippen LogP) is 2.71. The number of nitrogens with zero attached hydrogens (tertiary/aromatic N) is 1. The lowest BCUT2D eigenvalue weighted by atomic mass is 10.0. The normalized spacial score (nSPS) is 18.2. The monoisotopic (exact) mass is 333 g/mol. The Morgan fingerprint density at radius 2 is 2.00 bits per heavy atom. The molecule has 1 aromatic carbocycles. The van der Waals surface area contributed by atoms with E-state index in [1.165, 1.54) is 0 Å². The van der Waals surface area contributed by atoms with Gasteiger partial charge in [-0.3, -0.25) is 4.79 Å². The largest absolute Gasteiger partial charge is 0.444 e. The Labute approximate surface area is 143 Å². The number of hydrogen-bond acceptors (Lipinski definition) is 4. The van der Waals surface area contributed by atoms with Crippen molar-refractivity contribution in [3.63, 3.8) is 0 Å². The van der Waals surface area contributed by atoms with Crippen molar-refractivity contribution >= 4 is 17.7 Å². The second-order valence-electron chi connectivity index (χ2n) is 7.37. The molecule has 24 heavy (non-hydrogen) atoms. The molecule has 0 unspecified atom stereocenters. The molecule has 2 amide bonds. The molecule has 1 aromatic rings. The standard InChI is InChI=1S/C18H27N3O3/c1-12-8-13(10-14(19)9-12)16(22)21-7-5-6-15(11-21)20-17(23)24-18(2,3)4/h8-10,15H,5-7,11,19H2,1-4H3,(H,20,23)/t15-/m1/s1. The van der Waals surface area contributed by atoms with Gasteiger partial charge in [-0.2, -0.15) is 0 Å². The zero-order valence-corrected chi connectivity index (χ0v) is 14.9. The summed E-state index contributed by atoms with van der Waals surface area (Å²) in [4.78, 5) is 26.4. The molecule has 0 bridgehead atoms. The Balaban J connectivity index is 1.99. The number of ether oxygens (including phenoxy) is 1. The fourth-order valence-electron chi connectivity index (χ4n) is 2.87. The van der Waals surface area contributed by atoms with Crippen LogP contribution in [0.1, 0.15) is 49.5 Å². The first-order chi connectivity index (χ1) is 11.1. The van der Waals surface area contributed by atoms with Crippen molar-refractivity contribution in [3.05, 3.63) is 29.3 Å². The van der Waals surface area contributed by atoms with Gasteiger partial charge >= 0.3 is 6.09 Å². The molecule has 0 spiro atoms. The summed E-state index contributed by atoms with van der Waals surface area (Å²) in [6.45, 7) is 8.55. The highest BCUT2D eigenvalue weighted by Gasteiger charge is 2.27. The number of rotatable bonds is 2. The van der Waals surface area contributed by atoms with E-state index in [1.807, 2.05) is 39.8 Å². The van der Waals surface area contributed by atoms with Crippen LogP contribution in [0.2, 0.25) is 0 Å². The molecular formula is C18H27N3O3. The maximum Gasteiger partial charge on any atom is 0.407 e. The lowest BCUT2D eigenvalue weighted by Crippen LogP contribution is -2.50. The molecule has 3 N–H and O–H groups in total. The number of carbonyl (C=O) groups is 2. The summed E-state index contributed by atoms with van der Waals surface area (Å²) in [5.41, 5.74) is 7.43. The van der Waals surface area contributed by atoms with Crippen LogP contribution in [0.4, 0.5) is 10.5 Å². The van der Waals surface area contributed by atoms with E-state index in [-0.39, 0.29) is 11.9 Å². The first-order valence-corrected chi connectivity index (χ1v) is 8.30. The zero-order valence-electron chi connectivity index (χ0n) is 14.9. The van der Waals surface area contributed by atoms with E-state index in [9.17, 15) is 9.59 Å². The summed E-state index contributed by atoms with van der Waals surface area (Å²) in [6, 6.07) is 5.27. The Morgan fingerprint density at radius 3 is 2.62 bits per heavy atom. The number of piperidine rings is 1. The van der Waals surface area contributed by atoms with Crippen molar-refractivity contribution in [2.24, 2.45) is 0 Å². The van der Waals surface area contributed by atoms with Gasteiger partial charge in [0.05, 0.1) is 0 Å². The molecule has 1 atom stereocenters. The van der Waals surface area contributed by atoms with Crippen LogP contribution in [-0.4, -0.2) is 41.6 Å². The van der Waals surface area contributed by atoms with Gasteiger partial charge in [0, 0.05) is 30.4 Å². The van der Waals surface area contributed by atoms with Crippen molar-refractivity contribution < 1.29 is 14.3 Å². The molecule has 0 aromatic heterocycles. The van der Waals surface area contributed by atoms with E-state index in [0.717, 1.165) is 18.4 Å². The second kappa shape index (κ2) is 7.11. The van der Waals surface area contributed by atoms with Crippen LogP contribution < -0.4 is 11.1 Å². The number of anilines is 1. The van der Waals surface area contributed by atoms with Crippen molar-refractivity contribution in [2.75, 3.05) is 18.8 Å². The van der Waals surface area contributed by atoms with Gasteiger partial charge in [0.25, 0.3) is 5.91 Å². The highest BCUT2D eigenvalue weighted by atomic mass is 16.6. The zero-order chi connectivity index (χ0) is 17.9. The highest BCUT2D eigenvalue weighted by Crippen LogP contribution is 2.18. The fourth-order valence-corrected chi connectivity index (χ4v) is 2.87. The van der Waals surface area contributed by atoms with Crippen LogP contribution in [0.25, 0.3) is 0 Å². The molecule has 6 heteroatoms. The van der Waals surface area contributed by atoms with E-state index in [1.54, 1.807) is 11.0 Å². The smallest absolute Gasteiger partial charge is 0.407 e. The summed E-state index contributed by atoms with van der Waals surface area (Å²) >= 11 is 0. The summed E-state index contributed by atoms with van der Waals surface area (Å²) in [5.74, 6) is -0.0545.